The fraction of sp³-hybridized carbons (Fsp3) is 0.158. The predicted octanol–water partition coefficient (Wildman–Crippen LogP) is 3.81. The third kappa shape index (κ3) is 5.24. The molecule has 10 heteroatoms. The second-order valence-corrected chi connectivity index (χ2v) is 6.69. The number of ether oxygens (including phenoxy) is 2. The lowest BCUT2D eigenvalue weighted by atomic mass is 10.2. The average Bonchev–Trinajstić information content (AvgIpc) is 2.72. The van der Waals surface area contributed by atoms with E-state index in [1.807, 2.05) is 6.07 Å². The van der Waals surface area contributed by atoms with Crippen LogP contribution in [0.3, 0.4) is 0 Å². The molecule has 0 saturated heterocycles. The maximum absolute atomic E-state index is 11.6. The van der Waals surface area contributed by atoms with Crippen LogP contribution in [0.25, 0.3) is 0 Å². The van der Waals surface area contributed by atoms with Crippen molar-refractivity contribution in [1.82, 2.24) is 15.2 Å². The third-order valence-corrected chi connectivity index (χ3v) is 4.57. The molecule has 150 valence electrons. The summed E-state index contributed by atoms with van der Waals surface area (Å²) in [5.41, 5.74) is 4.05. The Bertz CT molecular complexity index is 1100. The Labute approximate surface area is 176 Å². The Kier molecular flexibility index (Phi) is 6.69. The number of halogens is 2. The second kappa shape index (κ2) is 9.40. The molecule has 0 fully saturated rings. The average molecular weight is 434 g/mol. The molecule has 1 heterocycles. The number of aromatic nitrogens is 3. The standard InChI is InChI=1S/C19H17Cl2N5O3/c1-11-18(27)23-19(26-24-11)25-22-9-13-4-3-5-16(28-2)17(13)29-10-12-6-7-14(20)15(21)8-12/h3-9H,10H2,1-2H3,(H2,23,25,26,27)/b22-9+. The summed E-state index contributed by atoms with van der Waals surface area (Å²) in [7, 11) is 1.55. The third-order valence-electron chi connectivity index (χ3n) is 3.83. The topological polar surface area (TPSA) is 101 Å². The normalized spacial score (nSPS) is 10.9. The number of anilines is 1. The summed E-state index contributed by atoms with van der Waals surface area (Å²) < 4.78 is 11.3. The number of hydrogen-bond donors (Lipinski definition) is 2. The minimum absolute atomic E-state index is 0.123. The molecular weight excluding hydrogens is 417 g/mol. The van der Waals surface area contributed by atoms with Crippen molar-refractivity contribution in [3.63, 3.8) is 0 Å². The molecular formula is C19H17Cl2N5O3. The summed E-state index contributed by atoms with van der Waals surface area (Å²) in [6.07, 6.45) is 1.52. The number of para-hydroxylation sites is 1. The number of aromatic amines is 1. The number of hydrogen-bond acceptors (Lipinski definition) is 7. The number of H-pyrrole nitrogens is 1. The molecule has 29 heavy (non-hydrogen) atoms. The maximum atomic E-state index is 11.6. The summed E-state index contributed by atoms with van der Waals surface area (Å²) in [6, 6.07) is 10.7. The smallest absolute Gasteiger partial charge is 0.274 e. The van der Waals surface area contributed by atoms with Gasteiger partial charge in [0.25, 0.3) is 5.56 Å². The zero-order chi connectivity index (χ0) is 20.8. The van der Waals surface area contributed by atoms with Gasteiger partial charge in [-0.15, -0.1) is 10.2 Å². The molecule has 0 radical (unpaired) electrons. The lowest BCUT2D eigenvalue weighted by Gasteiger charge is -2.13. The monoisotopic (exact) mass is 433 g/mol. The highest BCUT2D eigenvalue weighted by molar-refractivity contribution is 6.42. The molecule has 0 aliphatic rings. The first kappa shape index (κ1) is 20.6. The molecule has 0 saturated carbocycles. The van der Waals surface area contributed by atoms with Crippen molar-refractivity contribution in [2.24, 2.45) is 5.10 Å². The minimum atomic E-state index is -0.343. The van der Waals surface area contributed by atoms with Crippen molar-refractivity contribution in [3.8, 4) is 11.5 Å². The van der Waals surface area contributed by atoms with Gasteiger partial charge in [-0.25, -0.2) is 5.43 Å². The predicted molar refractivity (Wildman–Crippen MR) is 112 cm³/mol. The molecule has 8 nitrogen and oxygen atoms in total. The molecule has 0 amide bonds. The minimum Gasteiger partial charge on any atom is -0.493 e. The van der Waals surface area contributed by atoms with E-state index in [0.717, 1.165) is 5.56 Å². The molecule has 3 rings (SSSR count). The Morgan fingerprint density at radius 1 is 1.21 bits per heavy atom. The number of aryl methyl sites for hydroxylation is 1. The molecule has 3 aromatic rings. The summed E-state index contributed by atoms with van der Waals surface area (Å²) in [4.78, 5) is 14.1. The van der Waals surface area contributed by atoms with Gasteiger partial charge in [0.2, 0.25) is 5.95 Å². The van der Waals surface area contributed by atoms with Crippen LogP contribution < -0.4 is 20.5 Å². The van der Waals surface area contributed by atoms with Gasteiger partial charge in [0.15, 0.2) is 11.5 Å². The van der Waals surface area contributed by atoms with Crippen LogP contribution in [0.1, 0.15) is 16.8 Å². The van der Waals surface area contributed by atoms with Crippen LogP contribution >= 0.6 is 23.2 Å². The molecule has 2 N–H and O–H groups in total. The second-order valence-electron chi connectivity index (χ2n) is 5.87. The first-order valence-electron chi connectivity index (χ1n) is 8.44. The quantitative estimate of drug-likeness (QED) is 0.433. The Morgan fingerprint density at radius 2 is 2.03 bits per heavy atom. The van der Waals surface area contributed by atoms with E-state index in [0.29, 0.717) is 27.1 Å². The van der Waals surface area contributed by atoms with Gasteiger partial charge in [-0.3, -0.25) is 9.78 Å². The van der Waals surface area contributed by atoms with Crippen molar-refractivity contribution in [3.05, 3.63) is 73.6 Å². The van der Waals surface area contributed by atoms with Crippen molar-refractivity contribution in [2.45, 2.75) is 13.5 Å². The van der Waals surface area contributed by atoms with Crippen LogP contribution in [-0.4, -0.2) is 28.5 Å². The molecule has 1 aromatic heterocycles. The van der Waals surface area contributed by atoms with Gasteiger partial charge in [-0.05, 0) is 36.8 Å². The van der Waals surface area contributed by atoms with E-state index >= 15 is 0 Å². The first-order chi connectivity index (χ1) is 14.0. The summed E-state index contributed by atoms with van der Waals surface area (Å²) >= 11 is 12.0. The molecule has 0 aliphatic carbocycles. The zero-order valence-corrected chi connectivity index (χ0v) is 17.1. The van der Waals surface area contributed by atoms with Crippen LogP contribution in [0, 0.1) is 6.92 Å². The molecule has 0 unspecified atom stereocenters. The van der Waals surface area contributed by atoms with E-state index in [1.54, 1.807) is 44.4 Å². The zero-order valence-electron chi connectivity index (χ0n) is 15.6. The number of rotatable bonds is 7. The van der Waals surface area contributed by atoms with E-state index in [9.17, 15) is 4.79 Å². The van der Waals surface area contributed by atoms with Gasteiger partial charge < -0.3 is 9.47 Å². The lowest BCUT2D eigenvalue weighted by Crippen LogP contribution is -2.15. The van der Waals surface area contributed by atoms with Crippen LogP contribution in [-0.2, 0) is 6.61 Å². The Balaban J connectivity index is 1.78. The van der Waals surface area contributed by atoms with Crippen molar-refractivity contribution in [1.29, 1.82) is 0 Å². The SMILES string of the molecule is COc1cccc(/C=N/Nc2nnc(C)c(=O)[nH]2)c1OCc1ccc(Cl)c(Cl)c1. The van der Waals surface area contributed by atoms with E-state index < -0.39 is 0 Å². The molecule has 0 atom stereocenters. The Hall–Kier alpha value is -3.10. The number of hydrazone groups is 1. The van der Waals surface area contributed by atoms with E-state index in [1.165, 1.54) is 6.21 Å². The fourth-order valence-electron chi connectivity index (χ4n) is 2.34. The molecule has 0 aliphatic heterocycles. The van der Waals surface area contributed by atoms with Gasteiger partial charge in [0.1, 0.15) is 12.3 Å². The first-order valence-corrected chi connectivity index (χ1v) is 9.20. The molecule has 2 aromatic carbocycles. The van der Waals surface area contributed by atoms with Crippen LogP contribution in [0.2, 0.25) is 10.0 Å². The number of nitrogens with zero attached hydrogens (tertiary/aromatic N) is 3. The van der Waals surface area contributed by atoms with Crippen LogP contribution in [0.15, 0.2) is 46.3 Å². The van der Waals surface area contributed by atoms with Crippen molar-refractivity contribution < 1.29 is 9.47 Å². The molecule has 0 spiro atoms. The van der Waals surface area contributed by atoms with Gasteiger partial charge >= 0.3 is 0 Å². The van der Waals surface area contributed by atoms with Crippen LogP contribution in [0.5, 0.6) is 11.5 Å². The number of benzene rings is 2. The van der Waals surface area contributed by atoms with Gasteiger partial charge in [0, 0.05) is 5.56 Å². The highest BCUT2D eigenvalue weighted by Crippen LogP contribution is 2.31. The lowest BCUT2D eigenvalue weighted by molar-refractivity contribution is 0.284. The van der Waals surface area contributed by atoms with Gasteiger partial charge in [-0.2, -0.15) is 5.10 Å². The number of methoxy groups -OCH3 is 1. The summed E-state index contributed by atoms with van der Waals surface area (Å²) in [5, 5.41) is 12.5. The Morgan fingerprint density at radius 3 is 2.76 bits per heavy atom. The van der Waals surface area contributed by atoms with E-state index in [-0.39, 0.29) is 23.8 Å². The highest BCUT2D eigenvalue weighted by Gasteiger charge is 2.10. The van der Waals surface area contributed by atoms with Gasteiger partial charge in [-0.1, -0.05) is 35.3 Å². The maximum Gasteiger partial charge on any atom is 0.274 e. The number of nitrogens with one attached hydrogen (secondary N) is 2. The largest absolute Gasteiger partial charge is 0.493 e. The molecule has 0 bridgehead atoms. The highest BCUT2D eigenvalue weighted by atomic mass is 35.5. The summed E-state index contributed by atoms with van der Waals surface area (Å²) in [5.74, 6) is 1.16. The van der Waals surface area contributed by atoms with Crippen LogP contribution in [0.4, 0.5) is 5.95 Å². The van der Waals surface area contributed by atoms with Gasteiger partial charge in [0.05, 0.1) is 23.4 Å². The van der Waals surface area contributed by atoms with E-state index in [2.05, 4.69) is 25.7 Å². The fourth-order valence-corrected chi connectivity index (χ4v) is 2.66. The van der Waals surface area contributed by atoms with Crippen molar-refractivity contribution in [2.75, 3.05) is 12.5 Å². The van der Waals surface area contributed by atoms with Crippen molar-refractivity contribution >= 4 is 35.4 Å². The summed E-state index contributed by atoms with van der Waals surface area (Å²) in [6.45, 7) is 1.81. The van der Waals surface area contributed by atoms with E-state index in [4.69, 9.17) is 32.7 Å².